The molecule has 1 saturated heterocycles. The van der Waals surface area contributed by atoms with Gasteiger partial charge in [0, 0.05) is 32.7 Å². The Morgan fingerprint density at radius 2 is 1.93 bits per heavy atom. The van der Waals surface area contributed by atoms with Gasteiger partial charge in [0.25, 0.3) is 5.91 Å². The van der Waals surface area contributed by atoms with Crippen LogP contribution in [-0.4, -0.2) is 54.3 Å². The second-order valence-electron chi connectivity index (χ2n) is 7.13. The number of nitrogens with zero attached hydrogens (tertiary/aromatic N) is 2. The molecule has 0 aliphatic carbocycles. The lowest BCUT2D eigenvalue weighted by Crippen LogP contribution is -2.47. The fourth-order valence-corrected chi connectivity index (χ4v) is 4.69. The third kappa shape index (κ3) is 6.07. The molecule has 29 heavy (non-hydrogen) atoms. The molecule has 1 aliphatic heterocycles. The Bertz CT molecular complexity index is 884. The van der Waals surface area contributed by atoms with Crippen LogP contribution < -0.4 is 5.32 Å². The Kier molecular flexibility index (Phi) is 7.37. The van der Waals surface area contributed by atoms with E-state index in [0.717, 1.165) is 41.3 Å². The molecule has 1 N–H and O–H groups in total. The smallest absolute Gasteiger partial charge is 0.264 e. The molecule has 1 aromatic heterocycles. The maximum atomic E-state index is 13.3. The van der Waals surface area contributed by atoms with E-state index >= 15 is 0 Å². The van der Waals surface area contributed by atoms with Gasteiger partial charge in [-0.15, -0.1) is 11.3 Å². The molecule has 0 radical (unpaired) electrons. The summed E-state index contributed by atoms with van der Waals surface area (Å²) in [6.07, 6.45) is 1.54. The third-order valence-corrected chi connectivity index (χ3v) is 6.47. The van der Waals surface area contributed by atoms with Crippen LogP contribution in [0.1, 0.15) is 28.1 Å². The maximum Gasteiger partial charge on any atom is 0.264 e. The number of nitrogens with one attached hydrogen (secondary N) is 1. The topological polar surface area (TPSA) is 52.7 Å². The summed E-state index contributed by atoms with van der Waals surface area (Å²) < 4.78 is 27.2. The van der Waals surface area contributed by atoms with E-state index in [9.17, 15) is 18.4 Å². The predicted molar refractivity (Wildman–Crippen MR) is 112 cm³/mol. The lowest BCUT2D eigenvalue weighted by Gasteiger charge is -2.32. The van der Waals surface area contributed by atoms with Crippen LogP contribution >= 0.6 is 27.3 Å². The Balaban J connectivity index is 1.42. The molecule has 1 aliphatic rings. The molecule has 5 nitrogen and oxygen atoms in total. The molecule has 2 amide bonds. The van der Waals surface area contributed by atoms with Gasteiger partial charge in [0.15, 0.2) is 11.6 Å². The molecule has 2 aromatic rings. The normalized spacial score (nSPS) is 15.3. The number of amides is 2. The van der Waals surface area contributed by atoms with E-state index in [4.69, 9.17) is 0 Å². The molecule has 0 unspecified atom stereocenters. The van der Waals surface area contributed by atoms with Crippen molar-refractivity contribution in [1.82, 2.24) is 15.1 Å². The van der Waals surface area contributed by atoms with Crippen LogP contribution in [0.5, 0.6) is 0 Å². The first-order valence-electron chi connectivity index (χ1n) is 9.28. The molecule has 0 atom stereocenters. The van der Waals surface area contributed by atoms with Crippen molar-refractivity contribution in [3.63, 3.8) is 0 Å². The lowest BCUT2D eigenvalue weighted by molar-refractivity contribution is -0.122. The summed E-state index contributed by atoms with van der Waals surface area (Å²) in [5.41, 5.74) is 0.728. The summed E-state index contributed by atoms with van der Waals surface area (Å²) in [6.45, 7) is 2.05. The molecular formula is C20H22BrF2N3O2S. The van der Waals surface area contributed by atoms with Crippen molar-refractivity contribution in [1.29, 1.82) is 0 Å². The minimum absolute atomic E-state index is 0.00340. The predicted octanol–water partition coefficient (Wildman–Crippen LogP) is 3.64. The number of thiophene rings is 1. The van der Waals surface area contributed by atoms with Crippen molar-refractivity contribution in [2.24, 2.45) is 0 Å². The van der Waals surface area contributed by atoms with E-state index in [0.29, 0.717) is 11.4 Å². The minimum atomic E-state index is -0.842. The lowest BCUT2D eigenvalue weighted by atomic mass is 10.0. The summed E-state index contributed by atoms with van der Waals surface area (Å²) >= 11 is 4.66. The van der Waals surface area contributed by atoms with Crippen LogP contribution in [0.4, 0.5) is 8.78 Å². The molecule has 1 fully saturated rings. The molecule has 0 spiro atoms. The summed E-state index contributed by atoms with van der Waals surface area (Å²) in [7, 11) is 1.61. The highest BCUT2D eigenvalue weighted by atomic mass is 79.9. The highest BCUT2D eigenvalue weighted by Gasteiger charge is 2.23. The van der Waals surface area contributed by atoms with Gasteiger partial charge in [0.05, 0.1) is 15.2 Å². The molecule has 3 rings (SSSR count). The van der Waals surface area contributed by atoms with E-state index < -0.39 is 11.6 Å². The zero-order chi connectivity index (χ0) is 21.0. The minimum Gasteiger partial charge on any atom is -0.352 e. The van der Waals surface area contributed by atoms with Crippen LogP contribution in [0.2, 0.25) is 0 Å². The number of likely N-dealkylation sites (tertiary alicyclic amines) is 1. The van der Waals surface area contributed by atoms with Crippen LogP contribution in [0, 0.1) is 11.6 Å². The fourth-order valence-electron chi connectivity index (χ4n) is 3.31. The van der Waals surface area contributed by atoms with Crippen molar-refractivity contribution >= 4 is 39.1 Å². The number of benzene rings is 1. The average Bonchev–Trinajstić information content (AvgIpc) is 3.12. The number of hydrogen-bond acceptors (Lipinski definition) is 4. The summed E-state index contributed by atoms with van der Waals surface area (Å²) in [5, 5.41) is 2.99. The molecule has 9 heteroatoms. The van der Waals surface area contributed by atoms with Crippen LogP contribution in [0.15, 0.2) is 34.1 Å². The number of likely N-dealkylation sites (N-methyl/N-ethyl adjacent to an activating group) is 1. The number of carbonyl (C=O) groups excluding carboxylic acids is 2. The zero-order valence-corrected chi connectivity index (χ0v) is 18.4. The first kappa shape index (κ1) is 21.9. The van der Waals surface area contributed by atoms with Gasteiger partial charge >= 0.3 is 0 Å². The van der Waals surface area contributed by atoms with E-state index in [1.54, 1.807) is 25.2 Å². The Morgan fingerprint density at radius 1 is 1.21 bits per heavy atom. The molecule has 0 bridgehead atoms. The van der Waals surface area contributed by atoms with E-state index in [1.807, 2.05) is 0 Å². The van der Waals surface area contributed by atoms with Crippen LogP contribution in [0.3, 0.4) is 0 Å². The van der Waals surface area contributed by atoms with Gasteiger partial charge < -0.3 is 10.2 Å². The number of rotatable bonds is 6. The molecular weight excluding hydrogens is 464 g/mol. The third-order valence-electron chi connectivity index (χ3n) is 4.85. The first-order chi connectivity index (χ1) is 13.8. The molecule has 0 saturated carbocycles. The van der Waals surface area contributed by atoms with Gasteiger partial charge in [0.1, 0.15) is 0 Å². The summed E-state index contributed by atoms with van der Waals surface area (Å²) in [5.74, 6) is -2.05. The van der Waals surface area contributed by atoms with Crippen molar-refractivity contribution < 1.29 is 18.4 Å². The molecule has 1 aromatic carbocycles. The second kappa shape index (κ2) is 9.77. The van der Waals surface area contributed by atoms with Gasteiger partial charge in [0.2, 0.25) is 5.91 Å². The van der Waals surface area contributed by atoms with Crippen LogP contribution in [0.25, 0.3) is 0 Å². The first-order valence-corrected chi connectivity index (χ1v) is 10.9. The number of halogens is 3. The molecule has 156 valence electrons. The average molecular weight is 486 g/mol. The van der Waals surface area contributed by atoms with Crippen molar-refractivity contribution in [2.45, 2.75) is 25.4 Å². The Labute approximate surface area is 180 Å². The van der Waals surface area contributed by atoms with E-state index in [1.165, 1.54) is 22.3 Å². The molecule has 2 heterocycles. The van der Waals surface area contributed by atoms with Gasteiger partial charge in [-0.05, 0) is 58.6 Å². The van der Waals surface area contributed by atoms with E-state index in [2.05, 4.69) is 26.1 Å². The zero-order valence-electron chi connectivity index (χ0n) is 16.0. The largest absolute Gasteiger partial charge is 0.352 e. The Morgan fingerprint density at radius 3 is 2.55 bits per heavy atom. The summed E-state index contributed by atoms with van der Waals surface area (Å²) in [4.78, 5) is 28.8. The SMILES string of the molecule is CN(CC(=O)NC1CCN(Cc2ccc(F)c(F)c2)CC1)C(=O)c1ccc(Br)s1. The van der Waals surface area contributed by atoms with Crippen LogP contribution in [-0.2, 0) is 11.3 Å². The standard InChI is InChI=1S/C20H22BrF2N3O2S/c1-25(20(28)17-4-5-18(21)29-17)12-19(27)24-14-6-8-26(9-7-14)11-13-2-3-15(22)16(23)10-13/h2-5,10,14H,6-9,11-12H2,1H3,(H,24,27). The number of carbonyl (C=O) groups is 2. The maximum absolute atomic E-state index is 13.3. The number of piperidine rings is 1. The van der Waals surface area contributed by atoms with Gasteiger partial charge in [-0.1, -0.05) is 6.07 Å². The fraction of sp³-hybridized carbons (Fsp3) is 0.400. The van der Waals surface area contributed by atoms with Gasteiger partial charge in [-0.2, -0.15) is 0 Å². The van der Waals surface area contributed by atoms with E-state index in [-0.39, 0.29) is 24.4 Å². The quantitative estimate of drug-likeness (QED) is 0.679. The summed E-state index contributed by atoms with van der Waals surface area (Å²) in [6, 6.07) is 7.54. The van der Waals surface area contributed by atoms with Crippen molar-refractivity contribution in [2.75, 3.05) is 26.7 Å². The highest BCUT2D eigenvalue weighted by molar-refractivity contribution is 9.11. The monoisotopic (exact) mass is 485 g/mol. The Hall–Kier alpha value is -1.84. The van der Waals surface area contributed by atoms with Crippen molar-refractivity contribution in [3.8, 4) is 0 Å². The van der Waals surface area contributed by atoms with Crippen molar-refractivity contribution in [3.05, 3.63) is 56.2 Å². The number of hydrogen-bond donors (Lipinski definition) is 1. The van der Waals surface area contributed by atoms with Gasteiger partial charge in [-0.3, -0.25) is 14.5 Å². The highest BCUT2D eigenvalue weighted by Crippen LogP contribution is 2.23. The second-order valence-corrected chi connectivity index (χ2v) is 9.59. The van der Waals surface area contributed by atoms with Gasteiger partial charge in [-0.25, -0.2) is 8.78 Å².